The van der Waals surface area contributed by atoms with E-state index in [-0.39, 0.29) is 18.2 Å². The number of methoxy groups -OCH3 is 1. The molecule has 0 aromatic heterocycles. The van der Waals surface area contributed by atoms with Crippen molar-refractivity contribution in [3.05, 3.63) is 58.7 Å². The van der Waals surface area contributed by atoms with Crippen molar-refractivity contribution in [2.45, 2.75) is 64.1 Å². The molecule has 2 aliphatic rings. The second-order valence-corrected chi connectivity index (χ2v) is 9.71. The lowest BCUT2D eigenvalue weighted by molar-refractivity contribution is -0.147. The molecule has 1 N–H and O–H groups in total. The van der Waals surface area contributed by atoms with Gasteiger partial charge in [-0.3, -0.25) is 4.90 Å². The Morgan fingerprint density at radius 1 is 1.06 bits per heavy atom. The van der Waals surface area contributed by atoms with E-state index in [4.69, 9.17) is 14.2 Å². The smallest absolute Gasteiger partial charge is 0.411 e. The first-order valence-electron chi connectivity index (χ1n) is 11.3. The van der Waals surface area contributed by atoms with Gasteiger partial charge in [0.25, 0.3) is 0 Å². The van der Waals surface area contributed by atoms with E-state index in [9.17, 15) is 14.7 Å². The number of carbonyl (C=O) groups excluding carboxylic acids is 2. The SMILES string of the molecule is COC(=O)[C@@H]1Cc2cc3c(cc2CN1C(=O)OC(C)(C)C)C[C@@H](c1ccc(O)cc1)CCO3. The van der Waals surface area contributed by atoms with Gasteiger partial charge in [0.1, 0.15) is 23.1 Å². The lowest BCUT2D eigenvalue weighted by Crippen LogP contribution is -2.50. The zero-order chi connectivity index (χ0) is 23.8. The van der Waals surface area contributed by atoms with E-state index in [1.165, 1.54) is 12.0 Å². The highest BCUT2D eigenvalue weighted by Crippen LogP contribution is 2.37. The highest BCUT2D eigenvalue weighted by molar-refractivity contribution is 5.82. The fourth-order valence-corrected chi connectivity index (χ4v) is 4.53. The molecule has 0 unspecified atom stereocenters. The van der Waals surface area contributed by atoms with Crippen LogP contribution in [0.15, 0.2) is 36.4 Å². The zero-order valence-electron chi connectivity index (χ0n) is 19.6. The first kappa shape index (κ1) is 23.0. The number of amides is 1. The number of rotatable bonds is 2. The molecule has 2 aromatic carbocycles. The van der Waals surface area contributed by atoms with Crippen LogP contribution in [-0.4, -0.2) is 47.4 Å². The third kappa shape index (κ3) is 5.07. The Bertz CT molecular complexity index is 1040. The maximum atomic E-state index is 12.9. The number of hydrogen-bond donors (Lipinski definition) is 1. The molecule has 1 amide bonds. The molecular weight excluding hydrogens is 422 g/mol. The lowest BCUT2D eigenvalue weighted by Gasteiger charge is -2.36. The third-order valence-corrected chi connectivity index (χ3v) is 6.17. The maximum Gasteiger partial charge on any atom is 0.411 e. The minimum Gasteiger partial charge on any atom is -0.508 e. The normalized spacial score (nSPS) is 20.1. The van der Waals surface area contributed by atoms with Gasteiger partial charge in [0.2, 0.25) is 0 Å². The molecule has 7 heteroatoms. The Morgan fingerprint density at radius 3 is 2.45 bits per heavy atom. The summed E-state index contributed by atoms with van der Waals surface area (Å²) in [6.45, 7) is 6.26. The molecule has 2 heterocycles. The molecule has 2 atom stereocenters. The topological polar surface area (TPSA) is 85.3 Å². The van der Waals surface area contributed by atoms with E-state index in [0.29, 0.717) is 13.0 Å². The summed E-state index contributed by atoms with van der Waals surface area (Å²) < 4.78 is 16.6. The van der Waals surface area contributed by atoms with Gasteiger partial charge in [-0.15, -0.1) is 0 Å². The lowest BCUT2D eigenvalue weighted by atomic mass is 9.87. The molecule has 0 radical (unpaired) electrons. The van der Waals surface area contributed by atoms with Gasteiger partial charge >= 0.3 is 12.1 Å². The first-order chi connectivity index (χ1) is 15.6. The molecule has 33 heavy (non-hydrogen) atoms. The van der Waals surface area contributed by atoms with Crippen molar-refractivity contribution in [3.8, 4) is 11.5 Å². The van der Waals surface area contributed by atoms with E-state index in [0.717, 1.165) is 40.8 Å². The van der Waals surface area contributed by atoms with Crippen molar-refractivity contribution in [1.29, 1.82) is 0 Å². The monoisotopic (exact) mass is 453 g/mol. The zero-order valence-corrected chi connectivity index (χ0v) is 19.6. The molecular formula is C26H31NO6. The molecule has 0 fully saturated rings. The summed E-state index contributed by atoms with van der Waals surface area (Å²) >= 11 is 0. The van der Waals surface area contributed by atoms with Crippen molar-refractivity contribution in [2.24, 2.45) is 0 Å². The van der Waals surface area contributed by atoms with E-state index < -0.39 is 23.7 Å². The van der Waals surface area contributed by atoms with Crippen LogP contribution in [0, 0.1) is 0 Å². The summed E-state index contributed by atoms with van der Waals surface area (Å²) in [6, 6.07) is 10.7. The van der Waals surface area contributed by atoms with E-state index in [1.807, 2.05) is 18.2 Å². The summed E-state index contributed by atoms with van der Waals surface area (Å²) in [6.07, 6.45) is 1.47. The molecule has 7 nitrogen and oxygen atoms in total. The second-order valence-electron chi connectivity index (χ2n) is 9.71. The van der Waals surface area contributed by atoms with Crippen LogP contribution < -0.4 is 4.74 Å². The Kier molecular flexibility index (Phi) is 6.23. The van der Waals surface area contributed by atoms with Crippen LogP contribution in [0.25, 0.3) is 0 Å². The molecule has 176 valence electrons. The standard InChI is InChI=1S/C26H31NO6/c1-26(2,3)33-25(30)27-15-20-12-19-11-17(16-5-7-21(28)8-6-16)9-10-32-23(19)14-18(20)13-22(27)24(29)31-4/h5-8,12,14,17,22,28H,9-11,13,15H2,1-4H3/t17-,22-/m0/s1. The van der Waals surface area contributed by atoms with E-state index in [2.05, 4.69) is 6.07 Å². The number of benzene rings is 2. The van der Waals surface area contributed by atoms with Crippen molar-refractivity contribution >= 4 is 12.1 Å². The molecule has 0 bridgehead atoms. The predicted octanol–water partition coefficient (Wildman–Crippen LogP) is 4.34. The molecule has 0 saturated heterocycles. The molecule has 0 spiro atoms. The van der Waals surface area contributed by atoms with Crippen molar-refractivity contribution < 1.29 is 28.9 Å². The van der Waals surface area contributed by atoms with Gasteiger partial charge in [-0.05, 0) is 80.0 Å². The van der Waals surface area contributed by atoms with Gasteiger partial charge in [-0.25, -0.2) is 9.59 Å². The number of ether oxygens (including phenoxy) is 3. The van der Waals surface area contributed by atoms with Gasteiger partial charge in [0.05, 0.1) is 20.3 Å². The fourth-order valence-electron chi connectivity index (χ4n) is 4.53. The number of phenolic OH excluding ortho intramolecular Hbond substituents is 1. The number of aromatic hydroxyl groups is 1. The van der Waals surface area contributed by atoms with Crippen LogP contribution in [-0.2, 0) is 33.7 Å². The summed E-state index contributed by atoms with van der Waals surface area (Å²) in [5.74, 6) is 0.873. The number of hydrogen-bond acceptors (Lipinski definition) is 6. The van der Waals surface area contributed by atoms with Gasteiger partial charge in [-0.1, -0.05) is 18.2 Å². The van der Waals surface area contributed by atoms with Gasteiger partial charge in [-0.2, -0.15) is 0 Å². The largest absolute Gasteiger partial charge is 0.508 e. The predicted molar refractivity (Wildman–Crippen MR) is 122 cm³/mol. The van der Waals surface area contributed by atoms with Crippen LogP contribution in [0.5, 0.6) is 11.5 Å². The highest BCUT2D eigenvalue weighted by Gasteiger charge is 2.38. The quantitative estimate of drug-likeness (QED) is 0.681. The van der Waals surface area contributed by atoms with Crippen LogP contribution in [0.2, 0.25) is 0 Å². The fraction of sp³-hybridized carbons (Fsp3) is 0.462. The first-order valence-corrected chi connectivity index (χ1v) is 11.3. The minimum absolute atomic E-state index is 0.250. The van der Waals surface area contributed by atoms with Gasteiger partial charge in [0, 0.05) is 6.42 Å². The molecule has 2 aliphatic heterocycles. The molecule has 0 aliphatic carbocycles. The second kappa shape index (κ2) is 8.96. The summed E-state index contributed by atoms with van der Waals surface area (Å²) in [7, 11) is 1.33. The highest BCUT2D eigenvalue weighted by atomic mass is 16.6. The number of phenols is 1. The summed E-state index contributed by atoms with van der Waals surface area (Å²) in [5.41, 5.74) is 3.52. The van der Waals surface area contributed by atoms with E-state index >= 15 is 0 Å². The Hall–Kier alpha value is -3.22. The summed E-state index contributed by atoms with van der Waals surface area (Å²) in [5, 5.41) is 9.62. The Labute approximate surface area is 194 Å². The van der Waals surface area contributed by atoms with Gasteiger partial charge in [0.15, 0.2) is 0 Å². The van der Waals surface area contributed by atoms with Crippen LogP contribution in [0.4, 0.5) is 4.79 Å². The van der Waals surface area contributed by atoms with Crippen LogP contribution >= 0.6 is 0 Å². The van der Waals surface area contributed by atoms with E-state index in [1.54, 1.807) is 32.9 Å². The average Bonchev–Trinajstić information content (AvgIpc) is 2.97. The number of esters is 1. The Balaban J connectivity index is 1.64. The number of nitrogens with zero attached hydrogens (tertiary/aromatic N) is 1. The number of fused-ring (bicyclic) bond motifs is 2. The van der Waals surface area contributed by atoms with Crippen LogP contribution in [0.1, 0.15) is 55.4 Å². The Morgan fingerprint density at radius 2 is 1.79 bits per heavy atom. The van der Waals surface area contributed by atoms with Crippen molar-refractivity contribution in [2.75, 3.05) is 13.7 Å². The molecule has 4 rings (SSSR count). The molecule has 0 saturated carbocycles. The maximum absolute atomic E-state index is 12.9. The van der Waals surface area contributed by atoms with Crippen LogP contribution in [0.3, 0.4) is 0 Å². The third-order valence-electron chi connectivity index (χ3n) is 6.17. The molecule has 2 aromatic rings. The number of carbonyl (C=O) groups is 2. The van der Waals surface area contributed by atoms with Gasteiger partial charge < -0.3 is 19.3 Å². The van der Waals surface area contributed by atoms with Crippen molar-refractivity contribution in [1.82, 2.24) is 4.90 Å². The average molecular weight is 454 g/mol. The summed E-state index contributed by atoms with van der Waals surface area (Å²) in [4.78, 5) is 26.9. The van der Waals surface area contributed by atoms with Crippen molar-refractivity contribution in [3.63, 3.8) is 0 Å². The minimum atomic E-state index is -0.745.